The van der Waals surface area contributed by atoms with Crippen molar-refractivity contribution in [2.24, 2.45) is 5.92 Å². The summed E-state index contributed by atoms with van der Waals surface area (Å²) < 4.78 is 36.7. The smallest absolute Gasteiger partial charge is 0.726 e. The van der Waals surface area contributed by atoms with Crippen molar-refractivity contribution in [2.45, 2.75) is 117 Å². The van der Waals surface area contributed by atoms with Crippen LogP contribution in [-0.2, 0) is 14.6 Å². The van der Waals surface area contributed by atoms with E-state index < -0.39 is 10.4 Å². The first kappa shape index (κ1) is 31.4. The second kappa shape index (κ2) is 22.9. The maximum atomic E-state index is 10.7. The summed E-state index contributed by atoms with van der Waals surface area (Å²) >= 11 is 0. The fourth-order valence-electron chi connectivity index (χ4n) is 3.28. The quantitative estimate of drug-likeness (QED) is 0.0942. The molecule has 0 heterocycles. The van der Waals surface area contributed by atoms with Gasteiger partial charge in [0.05, 0.1) is 6.61 Å². The van der Waals surface area contributed by atoms with Gasteiger partial charge in [-0.25, -0.2) is 8.42 Å². The van der Waals surface area contributed by atoms with Crippen LogP contribution in [0.1, 0.15) is 117 Å². The third-order valence-corrected chi connectivity index (χ3v) is 5.41. The minimum absolute atomic E-state index is 0. The summed E-state index contributed by atoms with van der Waals surface area (Å²) in [4.78, 5) is 0. The van der Waals surface area contributed by atoms with E-state index in [9.17, 15) is 13.0 Å². The molecule has 1 atom stereocenters. The molecule has 1 unspecified atom stereocenters. The van der Waals surface area contributed by atoms with Crippen molar-refractivity contribution >= 4 is 10.4 Å². The molecule has 0 amide bonds. The predicted molar refractivity (Wildman–Crippen MR) is 113 cm³/mol. The van der Waals surface area contributed by atoms with Gasteiger partial charge in [0.15, 0.2) is 0 Å². The molecule has 0 aliphatic carbocycles. The normalized spacial score (nSPS) is 13.0. The maximum absolute atomic E-state index is 10.7. The molecule has 0 saturated carbocycles. The summed E-state index contributed by atoms with van der Waals surface area (Å²) in [5.41, 5.74) is 0. The minimum Gasteiger partial charge on any atom is -0.726 e. The summed E-state index contributed by atoms with van der Waals surface area (Å²) in [7, 11) is -4.60. The van der Waals surface area contributed by atoms with Crippen molar-refractivity contribution in [1.29, 1.82) is 0 Å². The Morgan fingerprint density at radius 1 is 0.786 bits per heavy atom. The molecular formula is C22H43KO4S. The van der Waals surface area contributed by atoms with Crippen LogP contribution in [0.4, 0.5) is 0 Å². The van der Waals surface area contributed by atoms with Crippen molar-refractivity contribution < 1.29 is 68.5 Å². The standard InChI is InChI=1S/C22H44O4S.K/c1-3-5-7-9-11-12-14-16-18-20-22(21-26-27(23,24)25)19-17-15-13-10-8-6-4-2;/h18,20,22H,3-17,19,21H2,1-2H3,(H,23,24,25);/q;+1/p-1/b20-18+;. The van der Waals surface area contributed by atoms with Crippen LogP contribution >= 0.6 is 0 Å². The van der Waals surface area contributed by atoms with E-state index in [1.54, 1.807) is 0 Å². The van der Waals surface area contributed by atoms with Gasteiger partial charge in [-0.1, -0.05) is 109 Å². The second-order valence-electron chi connectivity index (χ2n) is 7.70. The Morgan fingerprint density at radius 3 is 1.75 bits per heavy atom. The van der Waals surface area contributed by atoms with Crippen LogP contribution in [0.25, 0.3) is 0 Å². The molecule has 28 heavy (non-hydrogen) atoms. The molecule has 0 aromatic carbocycles. The molecule has 0 saturated heterocycles. The first-order valence-electron chi connectivity index (χ1n) is 11.3. The second-order valence-corrected chi connectivity index (χ2v) is 8.75. The molecule has 0 rings (SSSR count). The van der Waals surface area contributed by atoms with Crippen molar-refractivity contribution in [3.63, 3.8) is 0 Å². The zero-order valence-electron chi connectivity index (χ0n) is 18.8. The van der Waals surface area contributed by atoms with Crippen LogP contribution in [-0.4, -0.2) is 19.6 Å². The number of rotatable bonds is 20. The van der Waals surface area contributed by atoms with E-state index in [2.05, 4.69) is 30.2 Å². The summed E-state index contributed by atoms with van der Waals surface area (Å²) in [6, 6.07) is 0. The van der Waals surface area contributed by atoms with Gasteiger partial charge in [-0.15, -0.1) is 0 Å². The molecule has 0 N–H and O–H groups in total. The number of unbranched alkanes of at least 4 members (excludes halogenated alkanes) is 13. The van der Waals surface area contributed by atoms with E-state index in [4.69, 9.17) is 0 Å². The first-order chi connectivity index (χ1) is 13.0. The number of allylic oxidation sites excluding steroid dienone is 1. The van der Waals surface area contributed by atoms with Gasteiger partial charge in [-0.3, -0.25) is 4.18 Å². The van der Waals surface area contributed by atoms with E-state index in [-0.39, 0.29) is 63.9 Å². The molecule has 0 bridgehead atoms. The average Bonchev–Trinajstić information content (AvgIpc) is 2.62. The number of hydrogen-bond donors (Lipinski definition) is 0. The molecule has 0 aromatic rings. The Kier molecular flexibility index (Phi) is 25.7. The fourth-order valence-corrected chi connectivity index (χ4v) is 3.62. The van der Waals surface area contributed by atoms with Crippen LogP contribution in [0.3, 0.4) is 0 Å². The minimum atomic E-state index is -4.60. The van der Waals surface area contributed by atoms with Crippen molar-refractivity contribution in [1.82, 2.24) is 0 Å². The largest absolute Gasteiger partial charge is 1.00 e. The van der Waals surface area contributed by atoms with Crippen LogP contribution in [0, 0.1) is 5.92 Å². The molecule has 0 fully saturated rings. The van der Waals surface area contributed by atoms with Gasteiger partial charge in [0, 0.05) is 5.92 Å². The van der Waals surface area contributed by atoms with Crippen molar-refractivity contribution in [3.05, 3.63) is 12.2 Å². The van der Waals surface area contributed by atoms with E-state index >= 15 is 0 Å². The van der Waals surface area contributed by atoms with E-state index in [0.717, 1.165) is 25.7 Å². The molecule has 4 nitrogen and oxygen atoms in total. The molecule has 0 aromatic heterocycles. The predicted octanol–water partition coefficient (Wildman–Crippen LogP) is 3.92. The Hall–Kier alpha value is 1.25. The van der Waals surface area contributed by atoms with Gasteiger partial charge in [0.2, 0.25) is 10.4 Å². The Labute approximate surface area is 218 Å². The topological polar surface area (TPSA) is 66.4 Å². The zero-order valence-corrected chi connectivity index (χ0v) is 22.7. The van der Waals surface area contributed by atoms with Gasteiger partial charge in [0.1, 0.15) is 0 Å². The first-order valence-corrected chi connectivity index (χ1v) is 12.6. The number of hydrogen-bond acceptors (Lipinski definition) is 4. The van der Waals surface area contributed by atoms with Crippen LogP contribution in [0.5, 0.6) is 0 Å². The monoisotopic (exact) mass is 442 g/mol. The third kappa shape index (κ3) is 25.3. The maximum Gasteiger partial charge on any atom is 1.00 e. The average molecular weight is 443 g/mol. The SMILES string of the molecule is CCCCCCCCC/C=C/C(CCCCCCCCC)COS(=O)(=O)[O-].[K+]. The van der Waals surface area contributed by atoms with Crippen LogP contribution < -0.4 is 51.4 Å². The molecule has 0 aliphatic heterocycles. The van der Waals surface area contributed by atoms with Crippen LogP contribution in [0.15, 0.2) is 12.2 Å². The van der Waals surface area contributed by atoms with E-state index in [1.165, 1.54) is 77.0 Å². The van der Waals surface area contributed by atoms with E-state index in [1.807, 2.05) is 0 Å². The van der Waals surface area contributed by atoms with Crippen molar-refractivity contribution in [2.75, 3.05) is 6.61 Å². The third-order valence-electron chi connectivity index (χ3n) is 4.99. The Bertz CT molecular complexity index is 438. The van der Waals surface area contributed by atoms with E-state index in [0.29, 0.717) is 0 Å². The molecule has 0 radical (unpaired) electrons. The van der Waals surface area contributed by atoms with Gasteiger partial charge in [-0.05, 0) is 19.3 Å². The van der Waals surface area contributed by atoms with Gasteiger partial charge >= 0.3 is 51.4 Å². The molecule has 6 heteroatoms. The summed E-state index contributed by atoms with van der Waals surface area (Å²) in [6.45, 7) is 4.43. The molecule has 0 aliphatic rings. The molecular weight excluding hydrogens is 399 g/mol. The Morgan fingerprint density at radius 2 is 1.25 bits per heavy atom. The van der Waals surface area contributed by atoms with Gasteiger partial charge < -0.3 is 4.55 Å². The summed E-state index contributed by atoms with van der Waals surface area (Å²) in [6.07, 6.45) is 23.7. The van der Waals surface area contributed by atoms with Gasteiger partial charge in [0.25, 0.3) is 0 Å². The molecule has 0 spiro atoms. The Balaban J connectivity index is 0. The zero-order chi connectivity index (χ0) is 20.2. The van der Waals surface area contributed by atoms with Gasteiger partial charge in [-0.2, -0.15) is 0 Å². The van der Waals surface area contributed by atoms with Crippen molar-refractivity contribution in [3.8, 4) is 0 Å². The fraction of sp³-hybridized carbons (Fsp3) is 0.909. The molecule has 162 valence electrons. The summed E-state index contributed by atoms with van der Waals surface area (Å²) in [5.74, 6) is 0.0221. The summed E-state index contributed by atoms with van der Waals surface area (Å²) in [5, 5.41) is 0. The van der Waals surface area contributed by atoms with Crippen LogP contribution in [0.2, 0.25) is 0 Å².